The van der Waals surface area contributed by atoms with Crippen molar-refractivity contribution in [3.63, 3.8) is 0 Å². The summed E-state index contributed by atoms with van der Waals surface area (Å²) in [6.07, 6.45) is 1.09. The van der Waals surface area contributed by atoms with E-state index in [1.54, 1.807) is 25.1 Å². The number of nitrogens with one attached hydrogen (secondary N) is 2. The van der Waals surface area contributed by atoms with E-state index in [1.165, 1.54) is 0 Å². The fourth-order valence-electron chi connectivity index (χ4n) is 1.61. The third-order valence-corrected chi connectivity index (χ3v) is 3.22. The van der Waals surface area contributed by atoms with Gasteiger partial charge in [-0.1, -0.05) is 0 Å². The van der Waals surface area contributed by atoms with Crippen LogP contribution in [0.25, 0.3) is 0 Å². The zero-order valence-corrected chi connectivity index (χ0v) is 13.0. The first-order valence-electron chi connectivity index (χ1n) is 6.20. The number of carbonyl (C=O) groups is 1. The molecule has 0 saturated carbocycles. The van der Waals surface area contributed by atoms with Crippen LogP contribution in [0.1, 0.15) is 15.9 Å². The van der Waals surface area contributed by atoms with E-state index in [4.69, 9.17) is 0 Å². The van der Waals surface area contributed by atoms with Gasteiger partial charge in [0, 0.05) is 18.7 Å². The summed E-state index contributed by atoms with van der Waals surface area (Å²) in [6.45, 7) is 3.08. The Bertz CT molecular complexity index is 583. The molecule has 20 heavy (non-hydrogen) atoms. The molecule has 0 saturated heterocycles. The maximum atomic E-state index is 11.9. The lowest BCUT2D eigenvalue weighted by Gasteiger charge is -2.12. The first-order chi connectivity index (χ1) is 9.19. The van der Waals surface area contributed by atoms with Crippen molar-refractivity contribution in [2.45, 2.75) is 6.92 Å². The Hall–Kier alpha value is -1.60. The molecule has 1 aromatic rings. The van der Waals surface area contributed by atoms with Crippen molar-refractivity contribution < 1.29 is 13.2 Å². The van der Waals surface area contributed by atoms with E-state index < -0.39 is 10.0 Å². The topological polar surface area (TPSA) is 78.5 Å². The van der Waals surface area contributed by atoms with Crippen molar-refractivity contribution in [1.82, 2.24) is 10.2 Å². The highest BCUT2D eigenvalue weighted by molar-refractivity contribution is 7.92. The van der Waals surface area contributed by atoms with E-state index >= 15 is 0 Å². The molecule has 0 fully saturated rings. The Kier molecular flexibility index (Phi) is 5.52. The van der Waals surface area contributed by atoms with Crippen LogP contribution in [0.15, 0.2) is 18.2 Å². The second kappa shape index (κ2) is 6.71. The Morgan fingerprint density at radius 3 is 2.45 bits per heavy atom. The third-order valence-electron chi connectivity index (χ3n) is 2.63. The summed E-state index contributed by atoms with van der Waals surface area (Å²) in [5.41, 5.74) is 1.70. The van der Waals surface area contributed by atoms with Gasteiger partial charge in [-0.05, 0) is 44.8 Å². The first-order valence-corrected chi connectivity index (χ1v) is 8.09. The predicted molar refractivity (Wildman–Crippen MR) is 80.5 cm³/mol. The van der Waals surface area contributed by atoms with Gasteiger partial charge < -0.3 is 10.2 Å². The van der Waals surface area contributed by atoms with Crippen molar-refractivity contribution in [3.05, 3.63) is 29.3 Å². The van der Waals surface area contributed by atoms with Gasteiger partial charge in [-0.2, -0.15) is 0 Å². The largest absolute Gasteiger partial charge is 0.351 e. The molecule has 0 aliphatic heterocycles. The molecule has 0 spiro atoms. The molecule has 0 radical (unpaired) electrons. The summed E-state index contributed by atoms with van der Waals surface area (Å²) in [5, 5.41) is 2.81. The zero-order chi connectivity index (χ0) is 15.3. The number of rotatable bonds is 6. The standard InChI is InChI=1S/C13H21N3O3S/c1-10-9-11(13(17)14-7-8-16(2)3)5-6-12(10)15-20(4,18)19/h5-6,9,15H,7-8H2,1-4H3,(H,14,17). The van der Waals surface area contributed by atoms with Gasteiger partial charge in [0.2, 0.25) is 10.0 Å². The maximum Gasteiger partial charge on any atom is 0.251 e. The van der Waals surface area contributed by atoms with Crippen LogP contribution in [0, 0.1) is 6.92 Å². The van der Waals surface area contributed by atoms with E-state index in [2.05, 4.69) is 10.0 Å². The molecule has 7 heteroatoms. The summed E-state index contributed by atoms with van der Waals surface area (Å²) in [7, 11) is 0.552. The van der Waals surface area contributed by atoms with Gasteiger partial charge in [0.15, 0.2) is 0 Å². The number of aryl methyl sites for hydroxylation is 1. The van der Waals surface area contributed by atoms with Crippen LogP contribution in [-0.2, 0) is 10.0 Å². The molecule has 0 aromatic heterocycles. The van der Waals surface area contributed by atoms with Crippen LogP contribution in [0.2, 0.25) is 0 Å². The molecule has 112 valence electrons. The van der Waals surface area contributed by atoms with Crippen molar-refractivity contribution >= 4 is 21.6 Å². The highest BCUT2D eigenvalue weighted by Gasteiger charge is 2.09. The molecule has 0 unspecified atom stereocenters. The molecule has 0 aliphatic rings. The SMILES string of the molecule is Cc1cc(C(=O)NCCN(C)C)ccc1NS(C)(=O)=O. The quantitative estimate of drug-likeness (QED) is 0.809. The minimum Gasteiger partial charge on any atom is -0.351 e. The monoisotopic (exact) mass is 299 g/mol. The molecule has 1 amide bonds. The fourth-order valence-corrected chi connectivity index (χ4v) is 2.24. The van der Waals surface area contributed by atoms with Gasteiger partial charge in [-0.15, -0.1) is 0 Å². The van der Waals surface area contributed by atoms with E-state index in [0.717, 1.165) is 12.8 Å². The predicted octanol–water partition coefficient (Wildman–Crippen LogP) is 0.658. The van der Waals surface area contributed by atoms with Crippen LogP contribution in [0.5, 0.6) is 0 Å². The number of nitrogens with zero attached hydrogens (tertiary/aromatic N) is 1. The van der Waals surface area contributed by atoms with Crippen LogP contribution >= 0.6 is 0 Å². The Morgan fingerprint density at radius 1 is 1.30 bits per heavy atom. The van der Waals surface area contributed by atoms with Crippen molar-refractivity contribution in [2.75, 3.05) is 38.2 Å². The van der Waals surface area contributed by atoms with Gasteiger partial charge in [0.1, 0.15) is 0 Å². The Morgan fingerprint density at radius 2 is 1.95 bits per heavy atom. The van der Waals surface area contributed by atoms with Crippen molar-refractivity contribution in [1.29, 1.82) is 0 Å². The average molecular weight is 299 g/mol. The summed E-state index contributed by atoms with van der Waals surface area (Å²) >= 11 is 0. The molecule has 2 N–H and O–H groups in total. The minimum atomic E-state index is -3.31. The number of carbonyl (C=O) groups excluding carboxylic acids is 1. The molecule has 1 aromatic carbocycles. The number of benzene rings is 1. The summed E-state index contributed by atoms with van der Waals surface area (Å²) in [4.78, 5) is 13.9. The van der Waals surface area contributed by atoms with Gasteiger partial charge in [0.05, 0.1) is 11.9 Å². The smallest absolute Gasteiger partial charge is 0.251 e. The zero-order valence-electron chi connectivity index (χ0n) is 12.2. The summed E-state index contributed by atoms with van der Waals surface area (Å²) in [6, 6.07) is 4.86. The number of hydrogen-bond acceptors (Lipinski definition) is 4. The van der Waals surface area contributed by atoms with E-state index in [9.17, 15) is 13.2 Å². The molecule has 0 atom stereocenters. The third kappa shape index (κ3) is 5.58. The van der Waals surface area contributed by atoms with Crippen LogP contribution in [0.4, 0.5) is 5.69 Å². The molecular formula is C13H21N3O3S. The lowest BCUT2D eigenvalue weighted by atomic mass is 10.1. The molecule has 6 nitrogen and oxygen atoms in total. The second-order valence-corrected chi connectivity index (χ2v) is 6.71. The van der Waals surface area contributed by atoms with Gasteiger partial charge >= 0.3 is 0 Å². The van der Waals surface area contributed by atoms with Gasteiger partial charge in [-0.25, -0.2) is 8.42 Å². The number of amides is 1. The Labute approximate surface area is 120 Å². The van der Waals surface area contributed by atoms with E-state index in [1.807, 2.05) is 19.0 Å². The maximum absolute atomic E-state index is 11.9. The number of sulfonamides is 1. The lowest BCUT2D eigenvalue weighted by molar-refractivity contribution is 0.0951. The normalized spacial score (nSPS) is 11.4. The summed E-state index contributed by atoms with van der Waals surface area (Å²) in [5.74, 6) is -0.166. The average Bonchev–Trinajstić information content (AvgIpc) is 2.29. The molecule has 0 heterocycles. The van der Waals surface area contributed by atoms with Crippen LogP contribution < -0.4 is 10.0 Å². The second-order valence-electron chi connectivity index (χ2n) is 4.96. The fraction of sp³-hybridized carbons (Fsp3) is 0.462. The summed E-state index contributed by atoms with van der Waals surface area (Å²) < 4.78 is 24.8. The Balaban J connectivity index is 2.74. The van der Waals surface area contributed by atoms with E-state index in [0.29, 0.717) is 23.4 Å². The molecule has 0 aliphatic carbocycles. The number of likely N-dealkylation sites (N-methyl/N-ethyl adjacent to an activating group) is 1. The van der Waals surface area contributed by atoms with Crippen LogP contribution in [-0.4, -0.2) is 52.7 Å². The van der Waals surface area contributed by atoms with Crippen molar-refractivity contribution in [3.8, 4) is 0 Å². The van der Waals surface area contributed by atoms with Gasteiger partial charge in [0.25, 0.3) is 5.91 Å². The highest BCUT2D eigenvalue weighted by atomic mass is 32.2. The van der Waals surface area contributed by atoms with Crippen molar-refractivity contribution in [2.24, 2.45) is 0 Å². The molecule has 0 bridgehead atoms. The lowest BCUT2D eigenvalue weighted by Crippen LogP contribution is -2.31. The minimum absolute atomic E-state index is 0.166. The van der Waals surface area contributed by atoms with Crippen LogP contribution in [0.3, 0.4) is 0 Å². The first kappa shape index (κ1) is 16.5. The van der Waals surface area contributed by atoms with Gasteiger partial charge in [-0.3, -0.25) is 9.52 Å². The van der Waals surface area contributed by atoms with E-state index in [-0.39, 0.29) is 5.91 Å². The number of hydrogen-bond donors (Lipinski definition) is 2. The molecular weight excluding hydrogens is 278 g/mol. The molecule has 1 rings (SSSR count). The highest BCUT2D eigenvalue weighted by Crippen LogP contribution is 2.17. The number of anilines is 1.